The monoisotopic (exact) mass is 278 g/mol. The van der Waals surface area contributed by atoms with Gasteiger partial charge in [-0.25, -0.2) is 0 Å². The molecule has 1 aliphatic heterocycles. The van der Waals surface area contributed by atoms with Gasteiger partial charge in [-0.15, -0.1) is 0 Å². The van der Waals surface area contributed by atoms with Crippen LogP contribution in [-0.2, 0) is 20.9 Å². The zero-order valence-electron chi connectivity index (χ0n) is 11.3. The molecule has 0 fully saturated rings. The number of amides is 1. The van der Waals surface area contributed by atoms with Crippen LogP contribution in [0.15, 0.2) is 23.2 Å². The highest BCUT2D eigenvalue weighted by atomic mass is 16.5. The molecule has 1 aromatic carbocycles. The summed E-state index contributed by atoms with van der Waals surface area (Å²) >= 11 is 0. The molecule has 0 atom stereocenters. The summed E-state index contributed by atoms with van der Waals surface area (Å²) in [6, 6.07) is 5.59. The molecular weight excluding hydrogens is 260 g/mol. The standard InChI is InChI=1S/C13H18N4O3/c1-19-5-4-15-7-12(18)16-10-2-3-11-9(6-10)8-20-13(14)17-11/h2-3,6,15H,4-5,7-8H2,1H3,(H2,14,17)(H,16,18). The summed E-state index contributed by atoms with van der Waals surface area (Å²) in [5.41, 5.74) is 7.86. The van der Waals surface area contributed by atoms with Gasteiger partial charge in [-0.05, 0) is 18.2 Å². The lowest BCUT2D eigenvalue weighted by atomic mass is 10.1. The minimum absolute atomic E-state index is 0.110. The second-order valence-electron chi connectivity index (χ2n) is 4.30. The number of carbonyl (C=O) groups is 1. The third-order valence-corrected chi connectivity index (χ3v) is 2.74. The molecule has 0 aliphatic carbocycles. The van der Waals surface area contributed by atoms with Crippen LogP contribution in [0.2, 0.25) is 0 Å². The maximum Gasteiger partial charge on any atom is 0.287 e. The predicted molar refractivity (Wildman–Crippen MR) is 75.9 cm³/mol. The molecule has 1 aromatic rings. The first kappa shape index (κ1) is 14.3. The van der Waals surface area contributed by atoms with Crippen molar-refractivity contribution in [1.82, 2.24) is 5.32 Å². The van der Waals surface area contributed by atoms with Crippen LogP contribution in [0.1, 0.15) is 5.56 Å². The van der Waals surface area contributed by atoms with Crippen molar-refractivity contribution in [3.8, 4) is 0 Å². The highest BCUT2D eigenvalue weighted by Crippen LogP contribution is 2.26. The number of benzene rings is 1. The van der Waals surface area contributed by atoms with Gasteiger partial charge in [0.05, 0.1) is 18.8 Å². The maximum absolute atomic E-state index is 11.7. The van der Waals surface area contributed by atoms with Crippen LogP contribution in [-0.4, -0.2) is 38.7 Å². The SMILES string of the molecule is COCCNCC(=O)Nc1ccc2c(c1)COC(N)=N2. The Bertz CT molecular complexity index is 516. The van der Waals surface area contributed by atoms with E-state index in [4.69, 9.17) is 15.2 Å². The number of fused-ring (bicyclic) bond motifs is 1. The highest BCUT2D eigenvalue weighted by Gasteiger charge is 2.12. The number of amidine groups is 1. The Balaban J connectivity index is 1.89. The van der Waals surface area contributed by atoms with E-state index in [0.717, 1.165) is 11.3 Å². The number of nitrogens with one attached hydrogen (secondary N) is 2. The normalized spacial score (nSPS) is 13.2. The zero-order chi connectivity index (χ0) is 14.4. The summed E-state index contributed by atoms with van der Waals surface area (Å²) in [6.45, 7) is 1.81. The number of aliphatic imine (C=N–C) groups is 1. The van der Waals surface area contributed by atoms with E-state index in [0.29, 0.717) is 25.4 Å². The topological polar surface area (TPSA) is 98.0 Å². The first-order chi connectivity index (χ1) is 9.69. The third kappa shape index (κ3) is 3.94. The number of nitrogens with two attached hydrogens (primary N) is 1. The van der Waals surface area contributed by atoms with Gasteiger partial charge >= 0.3 is 0 Å². The molecule has 0 saturated heterocycles. The number of rotatable bonds is 6. The fourth-order valence-electron chi connectivity index (χ4n) is 1.77. The molecule has 0 bridgehead atoms. The molecule has 0 unspecified atom stereocenters. The van der Waals surface area contributed by atoms with Crippen LogP contribution in [0.5, 0.6) is 0 Å². The fourth-order valence-corrected chi connectivity index (χ4v) is 1.77. The number of methoxy groups -OCH3 is 1. The van der Waals surface area contributed by atoms with Crippen LogP contribution in [0, 0.1) is 0 Å². The average molecular weight is 278 g/mol. The Morgan fingerprint density at radius 2 is 2.40 bits per heavy atom. The van der Waals surface area contributed by atoms with E-state index in [-0.39, 0.29) is 18.5 Å². The van der Waals surface area contributed by atoms with Crippen molar-refractivity contribution in [2.45, 2.75) is 6.61 Å². The molecule has 1 aliphatic rings. The van der Waals surface area contributed by atoms with E-state index in [2.05, 4.69) is 15.6 Å². The first-order valence-electron chi connectivity index (χ1n) is 6.28. The summed E-state index contributed by atoms with van der Waals surface area (Å²) in [5, 5.41) is 5.78. The summed E-state index contributed by atoms with van der Waals surface area (Å²) in [6.07, 6.45) is 0. The first-order valence-corrected chi connectivity index (χ1v) is 6.28. The highest BCUT2D eigenvalue weighted by molar-refractivity contribution is 5.92. The molecule has 0 saturated carbocycles. The van der Waals surface area contributed by atoms with Crippen LogP contribution in [0.25, 0.3) is 0 Å². The molecule has 1 amide bonds. The molecule has 0 radical (unpaired) electrons. The Morgan fingerprint density at radius 3 is 3.20 bits per heavy atom. The van der Waals surface area contributed by atoms with Crippen molar-refractivity contribution < 1.29 is 14.3 Å². The lowest BCUT2D eigenvalue weighted by Gasteiger charge is -2.15. The summed E-state index contributed by atoms with van der Waals surface area (Å²) in [7, 11) is 1.62. The van der Waals surface area contributed by atoms with Crippen molar-refractivity contribution in [2.75, 3.05) is 32.1 Å². The van der Waals surface area contributed by atoms with E-state index in [1.807, 2.05) is 6.07 Å². The number of carbonyl (C=O) groups excluding carboxylic acids is 1. The molecule has 0 aromatic heterocycles. The van der Waals surface area contributed by atoms with Crippen LogP contribution < -0.4 is 16.4 Å². The molecule has 7 nitrogen and oxygen atoms in total. The molecular formula is C13H18N4O3. The second-order valence-corrected chi connectivity index (χ2v) is 4.30. The van der Waals surface area contributed by atoms with Crippen molar-refractivity contribution in [3.63, 3.8) is 0 Å². The van der Waals surface area contributed by atoms with E-state index in [1.165, 1.54) is 0 Å². The molecule has 1 heterocycles. The van der Waals surface area contributed by atoms with Gasteiger partial charge in [-0.2, -0.15) is 4.99 Å². The van der Waals surface area contributed by atoms with Gasteiger partial charge in [0.1, 0.15) is 6.61 Å². The van der Waals surface area contributed by atoms with Gasteiger partial charge in [-0.3, -0.25) is 4.79 Å². The van der Waals surface area contributed by atoms with Crippen molar-refractivity contribution in [3.05, 3.63) is 23.8 Å². The molecule has 0 spiro atoms. The quantitative estimate of drug-likeness (QED) is 0.652. The van der Waals surface area contributed by atoms with Crippen LogP contribution in [0.3, 0.4) is 0 Å². The lowest BCUT2D eigenvalue weighted by Crippen LogP contribution is -2.30. The predicted octanol–water partition coefficient (Wildman–Crippen LogP) is 0.338. The van der Waals surface area contributed by atoms with Gasteiger partial charge in [0.15, 0.2) is 0 Å². The van der Waals surface area contributed by atoms with Crippen molar-refractivity contribution in [1.29, 1.82) is 0 Å². The third-order valence-electron chi connectivity index (χ3n) is 2.74. The van der Waals surface area contributed by atoms with Crippen LogP contribution in [0.4, 0.5) is 11.4 Å². The Kier molecular flexibility index (Phi) is 4.91. The maximum atomic E-state index is 11.7. The van der Waals surface area contributed by atoms with Gasteiger partial charge in [0.2, 0.25) is 5.91 Å². The molecule has 4 N–H and O–H groups in total. The van der Waals surface area contributed by atoms with E-state index < -0.39 is 0 Å². The Hall–Kier alpha value is -2.12. The number of ether oxygens (including phenoxy) is 2. The number of nitrogens with zero attached hydrogens (tertiary/aromatic N) is 1. The number of hydrogen-bond acceptors (Lipinski definition) is 6. The Labute approximate surface area is 117 Å². The van der Waals surface area contributed by atoms with E-state index >= 15 is 0 Å². The molecule has 20 heavy (non-hydrogen) atoms. The van der Waals surface area contributed by atoms with Gasteiger partial charge in [0.25, 0.3) is 6.02 Å². The van der Waals surface area contributed by atoms with Gasteiger partial charge in [-0.1, -0.05) is 0 Å². The van der Waals surface area contributed by atoms with Gasteiger partial charge in [0, 0.05) is 24.9 Å². The second kappa shape index (κ2) is 6.88. The van der Waals surface area contributed by atoms with E-state index in [1.54, 1.807) is 19.2 Å². The number of hydrogen-bond donors (Lipinski definition) is 3. The van der Waals surface area contributed by atoms with Crippen LogP contribution >= 0.6 is 0 Å². The molecule has 2 rings (SSSR count). The Morgan fingerprint density at radius 1 is 1.55 bits per heavy atom. The van der Waals surface area contributed by atoms with E-state index in [9.17, 15) is 4.79 Å². The average Bonchev–Trinajstić information content (AvgIpc) is 2.44. The fraction of sp³-hybridized carbons (Fsp3) is 0.385. The van der Waals surface area contributed by atoms with Crippen molar-refractivity contribution >= 4 is 23.3 Å². The summed E-state index contributed by atoms with van der Waals surface area (Å²) < 4.78 is 10.0. The lowest BCUT2D eigenvalue weighted by molar-refractivity contribution is -0.115. The minimum atomic E-state index is -0.110. The van der Waals surface area contributed by atoms with Crippen molar-refractivity contribution in [2.24, 2.45) is 10.7 Å². The molecule has 7 heteroatoms. The largest absolute Gasteiger partial charge is 0.460 e. The summed E-state index contributed by atoms with van der Waals surface area (Å²) in [4.78, 5) is 15.8. The zero-order valence-corrected chi connectivity index (χ0v) is 11.3. The smallest absolute Gasteiger partial charge is 0.287 e. The minimum Gasteiger partial charge on any atom is -0.460 e. The summed E-state index contributed by atoms with van der Waals surface area (Å²) in [5.74, 6) is -0.110. The molecule has 108 valence electrons. The number of anilines is 1. The van der Waals surface area contributed by atoms with Gasteiger partial charge < -0.3 is 25.8 Å².